The number of allylic oxidation sites excluding steroid dienone is 4. The maximum atomic E-state index is 12.8. The largest absolute Gasteiger partial charge is 0.487 e. The summed E-state index contributed by atoms with van der Waals surface area (Å²) >= 11 is 0. The lowest BCUT2D eigenvalue weighted by Gasteiger charge is -1.95. The zero-order chi connectivity index (χ0) is 10.3. The summed E-state index contributed by atoms with van der Waals surface area (Å²) in [6.45, 7) is 3.54. The van der Waals surface area contributed by atoms with Crippen LogP contribution in [0.5, 0.6) is 0 Å². The van der Waals surface area contributed by atoms with Gasteiger partial charge in [0.05, 0.1) is 6.61 Å². The van der Waals surface area contributed by atoms with E-state index in [-0.39, 0.29) is 5.47 Å². The Labute approximate surface area is 77.0 Å². The molecule has 0 saturated carbocycles. The Kier molecular flexibility index (Phi) is 6.13. The van der Waals surface area contributed by atoms with E-state index in [1.165, 1.54) is 13.2 Å². The van der Waals surface area contributed by atoms with Gasteiger partial charge in [-0.15, -0.1) is 0 Å². The lowest BCUT2D eigenvalue weighted by Crippen LogP contribution is -2.12. The van der Waals surface area contributed by atoms with Crippen molar-refractivity contribution in [2.45, 2.75) is 0 Å². The predicted molar refractivity (Wildman–Crippen MR) is 49.5 cm³/mol. The maximum absolute atomic E-state index is 12.8. The molecule has 3 nitrogen and oxygen atoms in total. The first-order valence-electron chi connectivity index (χ1n) is 3.65. The van der Waals surface area contributed by atoms with Crippen molar-refractivity contribution in [3.8, 4) is 0 Å². The summed E-state index contributed by atoms with van der Waals surface area (Å²) in [6.07, 6.45) is 3.57. The zero-order valence-corrected chi connectivity index (χ0v) is 7.40. The highest BCUT2D eigenvalue weighted by molar-refractivity contribution is 6.51. The van der Waals surface area contributed by atoms with Crippen LogP contribution in [0, 0.1) is 0 Å². The number of rotatable bonds is 5. The fourth-order valence-corrected chi connectivity index (χ4v) is 0.557. The van der Waals surface area contributed by atoms with Crippen LogP contribution in [0.3, 0.4) is 0 Å². The van der Waals surface area contributed by atoms with Crippen molar-refractivity contribution in [1.82, 2.24) is 0 Å². The average Bonchev–Trinajstić information content (AvgIpc) is 2.04. The maximum Gasteiger partial charge on any atom is 0.487 e. The summed E-state index contributed by atoms with van der Waals surface area (Å²) in [7, 11) is -0.232. The van der Waals surface area contributed by atoms with Gasteiger partial charge in [0.1, 0.15) is 5.83 Å². The molecule has 0 aromatic rings. The number of hydrogen-bond acceptors (Lipinski definition) is 3. The van der Waals surface area contributed by atoms with E-state index in [9.17, 15) is 4.39 Å². The van der Waals surface area contributed by atoms with Gasteiger partial charge in [0, 0.05) is 7.11 Å². The summed E-state index contributed by atoms with van der Waals surface area (Å²) in [4.78, 5) is 0. The molecule has 0 heterocycles. The van der Waals surface area contributed by atoms with E-state index in [1.54, 1.807) is 0 Å². The molecule has 2 N–H and O–H groups in total. The number of hydrogen-bond donors (Lipinski definition) is 2. The molecular weight excluding hydrogens is 174 g/mol. The first-order chi connectivity index (χ1) is 6.07. The molecule has 0 amide bonds. The van der Waals surface area contributed by atoms with Crippen molar-refractivity contribution in [1.29, 1.82) is 0 Å². The third kappa shape index (κ3) is 6.27. The Bertz CT molecular complexity index is 223. The van der Waals surface area contributed by atoms with E-state index in [1.807, 2.05) is 0 Å². The number of halogens is 1. The van der Waals surface area contributed by atoms with Crippen molar-refractivity contribution >= 4 is 7.12 Å². The van der Waals surface area contributed by atoms with Crippen LogP contribution in [0.25, 0.3) is 0 Å². The summed E-state index contributed by atoms with van der Waals surface area (Å²) in [5, 5.41) is 17.1. The smallest absolute Gasteiger partial charge is 0.423 e. The molecule has 0 atom stereocenters. The van der Waals surface area contributed by atoms with Crippen LogP contribution >= 0.6 is 0 Å². The Morgan fingerprint density at radius 1 is 1.62 bits per heavy atom. The summed E-state index contributed by atoms with van der Waals surface area (Å²) < 4.78 is 17.4. The highest BCUT2D eigenvalue weighted by Gasteiger charge is 2.09. The topological polar surface area (TPSA) is 49.7 Å². The zero-order valence-electron chi connectivity index (χ0n) is 7.40. The van der Waals surface area contributed by atoms with Crippen LogP contribution in [0.2, 0.25) is 0 Å². The van der Waals surface area contributed by atoms with Crippen molar-refractivity contribution in [3.63, 3.8) is 0 Å². The molecule has 13 heavy (non-hydrogen) atoms. The monoisotopic (exact) mass is 186 g/mol. The average molecular weight is 186 g/mol. The Balaban J connectivity index is 4.09. The molecule has 0 aliphatic heterocycles. The van der Waals surface area contributed by atoms with Crippen molar-refractivity contribution in [3.05, 3.63) is 36.1 Å². The Hall–Kier alpha value is -0.905. The van der Waals surface area contributed by atoms with Gasteiger partial charge < -0.3 is 14.8 Å². The van der Waals surface area contributed by atoms with Crippen LogP contribution in [-0.4, -0.2) is 30.9 Å². The molecule has 0 aromatic heterocycles. The molecule has 0 aliphatic carbocycles. The second-order valence-electron chi connectivity index (χ2n) is 2.34. The molecule has 0 spiro atoms. The lowest BCUT2D eigenvalue weighted by atomic mass is 9.80. The Morgan fingerprint density at radius 3 is 2.69 bits per heavy atom. The van der Waals surface area contributed by atoms with Gasteiger partial charge in [0.25, 0.3) is 0 Å². The van der Waals surface area contributed by atoms with Gasteiger partial charge in [-0.2, -0.15) is 0 Å². The molecule has 0 aromatic carbocycles. The van der Waals surface area contributed by atoms with Crippen LogP contribution < -0.4 is 0 Å². The minimum Gasteiger partial charge on any atom is -0.423 e. The summed E-state index contributed by atoms with van der Waals surface area (Å²) in [6, 6.07) is 0. The van der Waals surface area contributed by atoms with Crippen LogP contribution in [-0.2, 0) is 4.74 Å². The highest BCUT2D eigenvalue weighted by atomic mass is 19.1. The van der Waals surface area contributed by atoms with Crippen molar-refractivity contribution < 1.29 is 19.2 Å². The van der Waals surface area contributed by atoms with Crippen LogP contribution in [0.1, 0.15) is 0 Å². The number of methoxy groups -OCH3 is 1. The molecule has 5 heteroatoms. The van der Waals surface area contributed by atoms with Crippen LogP contribution in [0.4, 0.5) is 4.39 Å². The van der Waals surface area contributed by atoms with Gasteiger partial charge >= 0.3 is 7.12 Å². The van der Waals surface area contributed by atoms with E-state index in [4.69, 9.17) is 10.0 Å². The summed E-state index contributed by atoms with van der Waals surface area (Å²) in [5.41, 5.74) is -0.0976. The van der Waals surface area contributed by atoms with Crippen molar-refractivity contribution in [2.75, 3.05) is 13.7 Å². The van der Waals surface area contributed by atoms with Gasteiger partial charge in [0.15, 0.2) is 0 Å². The molecular formula is C8H12BFO3. The fraction of sp³-hybridized carbons (Fsp3) is 0.250. The van der Waals surface area contributed by atoms with E-state index in [2.05, 4.69) is 11.3 Å². The first-order valence-corrected chi connectivity index (χ1v) is 3.65. The third-order valence-corrected chi connectivity index (χ3v) is 1.19. The van der Waals surface area contributed by atoms with E-state index >= 15 is 0 Å². The molecule has 0 rings (SSSR count). The van der Waals surface area contributed by atoms with Gasteiger partial charge in [-0.05, 0) is 17.6 Å². The molecule has 0 bridgehead atoms. The second-order valence-corrected chi connectivity index (χ2v) is 2.34. The van der Waals surface area contributed by atoms with Gasteiger partial charge in [-0.1, -0.05) is 12.7 Å². The Morgan fingerprint density at radius 2 is 2.23 bits per heavy atom. The minimum atomic E-state index is -1.72. The van der Waals surface area contributed by atoms with Gasteiger partial charge in [-0.25, -0.2) is 4.39 Å². The molecule has 0 aliphatic rings. The highest BCUT2D eigenvalue weighted by Crippen LogP contribution is 2.04. The first kappa shape index (κ1) is 12.1. The van der Waals surface area contributed by atoms with E-state index in [0.29, 0.717) is 6.61 Å². The minimum absolute atomic E-state index is 0.0976. The van der Waals surface area contributed by atoms with E-state index in [0.717, 1.165) is 12.2 Å². The van der Waals surface area contributed by atoms with Gasteiger partial charge in [-0.3, -0.25) is 0 Å². The van der Waals surface area contributed by atoms with Gasteiger partial charge in [0.2, 0.25) is 0 Å². The van der Waals surface area contributed by atoms with Crippen molar-refractivity contribution in [2.24, 2.45) is 0 Å². The molecule has 72 valence electrons. The third-order valence-electron chi connectivity index (χ3n) is 1.19. The number of ether oxygens (including phenoxy) is 1. The lowest BCUT2D eigenvalue weighted by molar-refractivity contribution is 0.233. The molecule has 0 saturated heterocycles. The fourth-order valence-electron chi connectivity index (χ4n) is 0.557. The normalized spacial score (nSPS) is 12.2. The quantitative estimate of drug-likeness (QED) is 0.488. The predicted octanol–water partition coefficient (Wildman–Crippen LogP) is 0.611. The summed E-state index contributed by atoms with van der Waals surface area (Å²) in [5.74, 6) is -0.602. The molecule has 0 fully saturated rings. The standard InChI is InChI=1S/C8H12BFO3/c1-7(9(11)12)6-8(10)4-3-5-13-2/h3-4,6,11-12H,1,5H2,2H3/b4-3-,8-6+. The molecule has 0 unspecified atom stereocenters. The van der Waals surface area contributed by atoms with E-state index < -0.39 is 12.9 Å². The molecule has 0 radical (unpaired) electrons. The second kappa shape index (κ2) is 6.59. The van der Waals surface area contributed by atoms with Crippen LogP contribution in [0.15, 0.2) is 36.1 Å². The SMILES string of the molecule is C=C(/C=C(F)\C=C/COC)B(O)O.